The molecular weight excluding hydrogens is 274 g/mol. The standard InChI is InChI=1S/C14H25N3O2S/c1-4-9-17-20(18,19)14-7-5-13(6-8-14)16-11-10-15-12(2)3/h5-8,12,15-17H,4,9-11H2,1-3H3. The Hall–Kier alpha value is -1.11. The van der Waals surface area contributed by atoms with Crippen LogP contribution in [0.15, 0.2) is 29.2 Å². The third-order valence-corrected chi connectivity index (χ3v) is 4.19. The summed E-state index contributed by atoms with van der Waals surface area (Å²) >= 11 is 0. The summed E-state index contributed by atoms with van der Waals surface area (Å²) in [4.78, 5) is 0.303. The van der Waals surface area contributed by atoms with Crippen LogP contribution < -0.4 is 15.4 Å². The molecule has 1 rings (SSSR count). The van der Waals surface area contributed by atoms with E-state index < -0.39 is 10.0 Å². The van der Waals surface area contributed by atoms with Crippen LogP contribution in [0.25, 0.3) is 0 Å². The number of rotatable bonds is 9. The predicted octanol–water partition coefficient (Wildman–Crippen LogP) is 1.78. The first-order chi connectivity index (χ1) is 9.45. The van der Waals surface area contributed by atoms with Gasteiger partial charge < -0.3 is 10.6 Å². The van der Waals surface area contributed by atoms with Crippen LogP contribution in [0.2, 0.25) is 0 Å². The van der Waals surface area contributed by atoms with Crippen LogP contribution in [0.5, 0.6) is 0 Å². The average molecular weight is 299 g/mol. The second kappa shape index (κ2) is 8.24. The van der Waals surface area contributed by atoms with E-state index in [2.05, 4.69) is 29.2 Å². The number of benzene rings is 1. The topological polar surface area (TPSA) is 70.2 Å². The maximum atomic E-state index is 11.9. The molecule has 0 saturated heterocycles. The summed E-state index contributed by atoms with van der Waals surface area (Å²) in [5.41, 5.74) is 0.921. The van der Waals surface area contributed by atoms with E-state index >= 15 is 0 Å². The van der Waals surface area contributed by atoms with E-state index in [0.717, 1.165) is 25.2 Å². The number of hydrogen-bond acceptors (Lipinski definition) is 4. The van der Waals surface area contributed by atoms with Gasteiger partial charge in [-0.2, -0.15) is 0 Å². The monoisotopic (exact) mass is 299 g/mol. The highest BCUT2D eigenvalue weighted by Gasteiger charge is 2.12. The number of anilines is 1. The van der Waals surface area contributed by atoms with Gasteiger partial charge in [0.05, 0.1) is 4.90 Å². The van der Waals surface area contributed by atoms with Gasteiger partial charge >= 0.3 is 0 Å². The van der Waals surface area contributed by atoms with Gasteiger partial charge in [0.25, 0.3) is 0 Å². The quantitative estimate of drug-likeness (QED) is 0.608. The van der Waals surface area contributed by atoms with Crippen LogP contribution in [0.3, 0.4) is 0 Å². The molecule has 1 aromatic rings. The Balaban J connectivity index is 2.52. The van der Waals surface area contributed by atoms with Gasteiger partial charge in [0.15, 0.2) is 0 Å². The van der Waals surface area contributed by atoms with Gasteiger partial charge in [-0.3, -0.25) is 0 Å². The zero-order valence-electron chi connectivity index (χ0n) is 12.4. The molecule has 0 bridgehead atoms. The lowest BCUT2D eigenvalue weighted by molar-refractivity contribution is 0.581. The van der Waals surface area contributed by atoms with Crippen LogP contribution in [-0.4, -0.2) is 34.1 Å². The van der Waals surface area contributed by atoms with E-state index in [9.17, 15) is 8.42 Å². The first kappa shape index (κ1) is 16.9. The molecule has 0 radical (unpaired) electrons. The number of sulfonamides is 1. The zero-order valence-corrected chi connectivity index (χ0v) is 13.3. The van der Waals surface area contributed by atoms with Gasteiger partial charge in [-0.15, -0.1) is 0 Å². The van der Waals surface area contributed by atoms with Crippen molar-refractivity contribution in [3.63, 3.8) is 0 Å². The van der Waals surface area contributed by atoms with Gasteiger partial charge in [0.1, 0.15) is 0 Å². The molecule has 0 atom stereocenters. The van der Waals surface area contributed by atoms with Crippen molar-refractivity contribution in [1.29, 1.82) is 0 Å². The van der Waals surface area contributed by atoms with E-state index in [-0.39, 0.29) is 0 Å². The molecule has 6 heteroatoms. The van der Waals surface area contributed by atoms with Crippen molar-refractivity contribution in [3.8, 4) is 0 Å². The van der Waals surface area contributed by atoms with E-state index in [1.54, 1.807) is 24.3 Å². The lowest BCUT2D eigenvalue weighted by Gasteiger charge is -2.11. The molecule has 0 fully saturated rings. The Kier molecular flexibility index (Phi) is 6.98. The lowest BCUT2D eigenvalue weighted by Crippen LogP contribution is -2.28. The highest BCUT2D eigenvalue weighted by molar-refractivity contribution is 7.89. The summed E-state index contributed by atoms with van der Waals surface area (Å²) in [6.07, 6.45) is 0.779. The molecule has 0 aliphatic heterocycles. The summed E-state index contributed by atoms with van der Waals surface area (Å²) in [7, 11) is -3.37. The Morgan fingerprint density at radius 1 is 1.05 bits per heavy atom. The molecule has 0 saturated carbocycles. The molecule has 0 unspecified atom stereocenters. The third kappa shape index (κ3) is 5.90. The summed E-state index contributed by atoms with van der Waals surface area (Å²) in [5.74, 6) is 0. The van der Waals surface area contributed by atoms with E-state index in [0.29, 0.717) is 17.5 Å². The minimum atomic E-state index is -3.37. The molecule has 0 aliphatic carbocycles. The summed E-state index contributed by atoms with van der Waals surface area (Å²) in [6, 6.07) is 7.28. The first-order valence-corrected chi connectivity index (χ1v) is 8.51. The molecule has 1 aromatic carbocycles. The largest absolute Gasteiger partial charge is 0.384 e. The Bertz CT molecular complexity index is 484. The maximum Gasteiger partial charge on any atom is 0.240 e. The zero-order chi connectivity index (χ0) is 15.0. The summed E-state index contributed by atoms with van der Waals surface area (Å²) < 4.78 is 26.3. The molecule has 0 amide bonds. The van der Waals surface area contributed by atoms with E-state index in [1.807, 2.05) is 6.92 Å². The molecular formula is C14H25N3O2S. The highest BCUT2D eigenvalue weighted by atomic mass is 32.2. The van der Waals surface area contributed by atoms with Crippen LogP contribution in [0, 0.1) is 0 Å². The molecule has 20 heavy (non-hydrogen) atoms. The second-order valence-electron chi connectivity index (χ2n) is 4.96. The van der Waals surface area contributed by atoms with Gasteiger partial charge in [-0.1, -0.05) is 20.8 Å². The van der Waals surface area contributed by atoms with Crippen LogP contribution in [0.4, 0.5) is 5.69 Å². The van der Waals surface area contributed by atoms with Gasteiger partial charge in [0.2, 0.25) is 10.0 Å². The fourth-order valence-electron chi connectivity index (χ4n) is 1.64. The van der Waals surface area contributed by atoms with Crippen molar-refractivity contribution in [3.05, 3.63) is 24.3 Å². The minimum Gasteiger partial charge on any atom is -0.384 e. The predicted molar refractivity (Wildman–Crippen MR) is 83.5 cm³/mol. The SMILES string of the molecule is CCCNS(=O)(=O)c1ccc(NCCNC(C)C)cc1. The molecule has 0 aromatic heterocycles. The summed E-state index contributed by atoms with van der Waals surface area (Å²) in [6.45, 7) is 8.27. The second-order valence-corrected chi connectivity index (χ2v) is 6.72. The normalized spacial score (nSPS) is 11.8. The van der Waals surface area contributed by atoms with Gasteiger partial charge in [-0.25, -0.2) is 13.1 Å². The molecule has 0 spiro atoms. The van der Waals surface area contributed by atoms with Crippen molar-refractivity contribution in [2.45, 2.75) is 38.1 Å². The van der Waals surface area contributed by atoms with Crippen LogP contribution in [-0.2, 0) is 10.0 Å². The van der Waals surface area contributed by atoms with Crippen molar-refractivity contribution < 1.29 is 8.42 Å². The summed E-state index contributed by atoms with van der Waals surface area (Å²) in [5, 5.41) is 6.55. The first-order valence-electron chi connectivity index (χ1n) is 7.02. The average Bonchev–Trinajstić information content (AvgIpc) is 2.42. The highest BCUT2D eigenvalue weighted by Crippen LogP contribution is 2.13. The maximum absolute atomic E-state index is 11.9. The molecule has 5 nitrogen and oxygen atoms in total. The van der Waals surface area contributed by atoms with Crippen molar-refractivity contribution >= 4 is 15.7 Å². The van der Waals surface area contributed by atoms with Crippen LogP contribution >= 0.6 is 0 Å². The molecule has 0 aliphatic rings. The molecule has 0 heterocycles. The molecule has 114 valence electrons. The van der Waals surface area contributed by atoms with E-state index in [4.69, 9.17) is 0 Å². The van der Waals surface area contributed by atoms with E-state index in [1.165, 1.54) is 0 Å². The van der Waals surface area contributed by atoms with Crippen molar-refractivity contribution in [2.75, 3.05) is 25.0 Å². The smallest absolute Gasteiger partial charge is 0.240 e. The van der Waals surface area contributed by atoms with Crippen LogP contribution in [0.1, 0.15) is 27.2 Å². The van der Waals surface area contributed by atoms with Crippen molar-refractivity contribution in [2.24, 2.45) is 0 Å². The Labute approximate surface area is 122 Å². The molecule has 3 N–H and O–H groups in total. The fraction of sp³-hybridized carbons (Fsp3) is 0.571. The van der Waals surface area contributed by atoms with Crippen molar-refractivity contribution in [1.82, 2.24) is 10.0 Å². The Morgan fingerprint density at radius 2 is 1.70 bits per heavy atom. The minimum absolute atomic E-state index is 0.303. The van der Waals surface area contributed by atoms with Gasteiger partial charge in [0, 0.05) is 31.4 Å². The Morgan fingerprint density at radius 3 is 2.25 bits per heavy atom. The lowest BCUT2D eigenvalue weighted by atomic mass is 10.3. The fourth-order valence-corrected chi connectivity index (χ4v) is 2.77. The number of nitrogens with one attached hydrogen (secondary N) is 3. The number of hydrogen-bond donors (Lipinski definition) is 3. The third-order valence-electron chi connectivity index (χ3n) is 2.71. The van der Waals surface area contributed by atoms with Gasteiger partial charge in [-0.05, 0) is 30.7 Å².